The molecular weight excluding hydrogens is 154 g/mol. The molecule has 0 unspecified atom stereocenters. The van der Waals surface area contributed by atoms with Crippen LogP contribution in [0.25, 0.3) is 11.1 Å². The monoisotopic (exact) mass is 163 g/mol. The number of benzene rings is 1. The summed E-state index contributed by atoms with van der Waals surface area (Å²) >= 11 is 4.23. The third kappa shape index (κ3) is 2.62. The molecule has 0 radical (unpaired) electrons. The molecule has 0 aromatic rings. The second kappa shape index (κ2) is 4.02. The van der Waals surface area contributed by atoms with Crippen LogP contribution in [0.1, 0.15) is 6.92 Å². The van der Waals surface area contributed by atoms with Gasteiger partial charge >= 0.3 is 0 Å². The lowest BCUT2D eigenvalue weighted by atomic mass is 10.6. The van der Waals surface area contributed by atoms with E-state index >= 15 is 0 Å². The number of hydrogen-bond donors (Lipinski definition) is 0. The number of thiocarbonyl (C=S) groups is 1. The normalized spacial score (nSPS) is 8.82. The second-order valence-electron chi connectivity index (χ2n) is 2.15. The first-order chi connectivity index (χ1) is 5.38. The van der Waals surface area contributed by atoms with Gasteiger partial charge in [0.25, 0.3) is 0 Å². The summed E-state index contributed by atoms with van der Waals surface area (Å²) in [4.78, 5) is 3.54. The van der Waals surface area contributed by atoms with E-state index in [1.807, 2.05) is 6.92 Å². The van der Waals surface area contributed by atoms with Gasteiger partial charge in [-0.3, -0.25) is 0 Å². The zero-order valence-electron chi connectivity index (χ0n) is 6.37. The topological polar surface area (TPSA) is 12.4 Å². The fraction of sp³-hybridized carbons (Fsp3) is 0.222. The minimum atomic E-state index is 0.753. The Morgan fingerprint density at radius 2 is 2.09 bits per heavy atom. The first-order valence-corrected chi connectivity index (χ1v) is 3.93. The molecule has 0 N–H and O–H groups in total. The Labute approximate surface area is 71.8 Å². The van der Waals surface area contributed by atoms with Gasteiger partial charge in [-0.05, 0) is 36.3 Å². The van der Waals surface area contributed by atoms with E-state index in [1.54, 1.807) is 0 Å². The number of hydrogen-bond acceptors (Lipinski definition) is 2. The van der Waals surface area contributed by atoms with Crippen molar-refractivity contribution in [1.82, 2.24) is 0 Å². The quantitative estimate of drug-likeness (QED) is 0.465. The van der Waals surface area contributed by atoms with Gasteiger partial charge in [-0.15, -0.1) is 0 Å². The lowest BCUT2D eigenvalue weighted by Crippen LogP contribution is -1.57. The van der Waals surface area contributed by atoms with Crippen molar-refractivity contribution < 1.29 is 0 Å². The first-order valence-electron chi connectivity index (χ1n) is 3.52. The van der Waals surface area contributed by atoms with Gasteiger partial charge in [0.1, 0.15) is 0 Å². The first kappa shape index (κ1) is 8.12. The lowest BCUT2D eigenvalue weighted by molar-refractivity contribution is 1.15. The SMILES string of the molecule is CCN=C=S.c1cc2cc-2c1. The highest BCUT2D eigenvalue weighted by Crippen LogP contribution is 2.32. The van der Waals surface area contributed by atoms with E-state index in [0.29, 0.717) is 0 Å². The van der Waals surface area contributed by atoms with Crippen LogP contribution in [0.4, 0.5) is 0 Å². The maximum absolute atomic E-state index is 4.23. The van der Waals surface area contributed by atoms with E-state index in [0.717, 1.165) is 6.54 Å². The van der Waals surface area contributed by atoms with Gasteiger partial charge in [0.15, 0.2) is 0 Å². The predicted octanol–water partition coefficient (Wildman–Crippen LogP) is 2.78. The molecule has 0 amide bonds. The number of rotatable bonds is 1. The summed E-state index contributed by atoms with van der Waals surface area (Å²) < 4.78 is 0. The van der Waals surface area contributed by atoms with E-state index in [4.69, 9.17) is 0 Å². The highest BCUT2D eigenvalue weighted by atomic mass is 32.1. The molecule has 2 rings (SSSR count). The number of nitrogens with zero attached hydrogens (tertiary/aromatic N) is 1. The fourth-order valence-electron chi connectivity index (χ4n) is 0.740. The van der Waals surface area contributed by atoms with Crippen molar-refractivity contribution in [3.05, 3.63) is 24.3 Å². The summed E-state index contributed by atoms with van der Waals surface area (Å²) in [5.74, 6) is 0. The molecule has 0 aromatic carbocycles. The number of isothiocyanates is 1. The van der Waals surface area contributed by atoms with Crippen molar-refractivity contribution in [2.24, 2.45) is 4.99 Å². The largest absolute Gasteiger partial charge is 0.233 e. The Morgan fingerprint density at radius 3 is 2.18 bits per heavy atom. The molecule has 0 atom stereocenters. The van der Waals surface area contributed by atoms with Crippen molar-refractivity contribution in [3.63, 3.8) is 0 Å². The van der Waals surface area contributed by atoms with Crippen LogP contribution in [0, 0.1) is 0 Å². The van der Waals surface area contributed by atoms with E-state index in [9.17, 15) is 0 Å². The third-order valence-electron chi connectivity index (χ3n) is 1.34. The fourth-order valence-corrected chi connectivity index (χ4v) is 0.869. The van der Waals surface area contributed by atoms with Gasteiger partial charge in [-0.2, -0.15) is 0 Å². The van der Waals surface area contributed by atoms with Crippen LogP contribution in [-0.2, 0) is 0 Å². The standard InChI is InChI=1S/C6H4.C3H5NS/c1-2-5-4-6(5)3-1;1-2-4-3-5/h1-4H;2H2,1H3. The highest BCUT2D eigenvalue weighted by Gasteiger charge is 2.06. The van der Waals surface area contributed by atoms with Crippen LogP contribution in [-0.4, -0.2) is 11.7 Å². The molecule has 2 aliphatic rings. The lowest BCUT2D eigenvalue weighted by Gasteiger charge is -1.60. The molecule has 0 saturated carbocycles. The van der Waals surface area contributed by atoms with Crippen LogP contribution >= 0.6 is 12.2 Å². The van der Waals surface area contributed by atoms with Crippen molar-refractivity contribution >= 4 is 17.4 Å². The average Bonchev–Trinajstić information content (AvgIpc) is 2.62. The Morgan fingerprint density at radius 1 is 1.45 bits per heavy atom. The summed E-state index contributed by atoms with van der Waals surface area (Å²) in [6.45, 7) is 2.67. The molecule has 2 heteroatoms. The Kier molecular flexibility index (Phi) is 2.96. The van der Waals surface area contributed by atoms with Gasteiger partial charge in [0.05, 0.1) is 5.16 Å². The maximum atomic E-state index is 4.23. The van der Waals surface area contributed by atoms with Gasteiger partial charge in [-0.25, -0.2) is 4.99 Å². The number of aliphatic imine (C=N–C) groups is 1. The van der Waals surface area contributed by atoms with Crippen molar-refractivity contribution in [1.29, 1.82) is 0 Å². The molecule has 0 bridgehead atoms. The minimum absolute atomic E-state index is 0.753. The molecule has 0 fully saturated rings. The minimum Gasteiger partial charge on any atom is -0.233 e. The second-order valence-corrected chi connectivity index (χ2v) is 2.33. The van der Waals surface area contributed by atoms with Crippen LogP contribution in [0.2, 0.25) is 0 Å². The summed E-state index contributed by atoms with van der Waals surface area (Å²) in [7, 11) is 0. The zero-order chi connectivity index (χ0) is 8.10. The van der Waals surface area contributed by atoms with Gasteiger partial charge in [0.2, 0.25) is 0 Å². The molecule has 0 aromatic heterocycles. The molecule has 0 aliphatic heterocycles. The van der Waals surface area contributed by atoms with E-state index in [1.165, 1.54) is 11.1 Å². The van der Waals surface area contributed by atoms with Crippen molar-refractivity contribution in [2.45, 2.75) is 6.92 Å². The molecule has 0 heterocycles. The van der Waals surface area contributed by atoms with Crippen LogP contribution in [0.15, 0.2) is 29.3 Å². The molecule has 11 heavy (non-hydrogen) atoms. The molecule has 0 saturated heterocycles. The van der Waals surface area contributed by atoms with Gasteiger partial charge in [0, 0.05) is 6.54 Å². The summed E-state index contributed by atoms with van der Waals surface area (Å²) in [6, 6.07) is 8.48. The molecular formula is C9H9NS. The zero-order valence-corrected chi connectivity index (χ0v) is 7.19. The van der Waals surface area contributed by atoms with Crippen molar-refractivity contribution in [2.75, 3.05) is 6.54 Å². The highest BCUT2D eigenvalue weighted by molar-refractivity contribution is 7.78. The van der Waals surface area contributed by atoms with E-state index in [2.05, 4.69) is 46.6 Å². The van der Waals surface area contributed by atoms with Gasteiger partial charge in [-0.1, -0.05) is 18.2 Å². The third-order valence-corrected chi connectivity index (χ3v) is 1.46. The maximum Gasteiger partial charge on any atom is 0.0584 e. The van der Waals surface area contributed by atoms with E-state index in [-0.39, 0.29) is 0 Å². The smallest absolute Gasteiger partial charge is 0.0584 e. The Balaban J connectivity index is 0.000000114. The van der Waals surface area contributed by atoms with Crippen molar-refractivity contribution in [3.8, 4) is 11.1 Å². The Hall–Kier alpha value is -0.980. The molecule has 0 spiro atoms. The average molecular weight is 163 g/mol. The molecule has 2 aliphatic carbocycles. The molecule has 1 nitrogen and oxygen atoms in total. The summed E-state index contributed by atoms with van der Waals surface area (Å²) in [6.07, 6.45) is 0. The van der Waals surface area contributed by atoms with Crippen LogP contribution in [0.3, 0.4) is 0 Å². The summed E-state index contributed by atoms with van der Waals surface area (Å²) in [5.41, 5.74) is 2.85. The number of fused-ring (bicyclic) bond motifs is 1. The van der Waals surface area contributed by atoms with E-state index < -0.39 is 0 Å². The van der Waals surface area contributed by atoms with Crippen LogP contribution < -0.4 is 0 Å². The summed E-state index contributed by atoms with van der Waals surface area (Å²) in [5, 5.41) is 2.23. The van der Waals surface area contributed by atoms with Gasteiger partial charge < -0.3 is 0 Å². The Bertz CT molecular complexity index is 270. The van der Waals surface area contributed by atoms with Crippen LogP contribution in [0.5, 0.6) is 0 Å². The molecule has 56 valence electrons. The predicted molar refractivity (Wildman–Crippen MR) is 51.0 cm³/mol.